The molecule has 0 aliphatic heterocycles. The van der Waals surface area contributed by atoms with Crippen LogP contribution in [0.2, 0.25) is 0 Å². The molecule has 3 rings (SSSR count). The Morgan fingerprint density at radius 1 is 1.25 bits per heavy atom. The molecule has 0 fully saturated rings. The fourth-order valence-corrected chi connectivity index (χ4v) is 2.87. The van der Waals surface area contributed by atoms with E-state index in [1.54, 1.807) is 6.07 Å². The fraction of sp³-hybridized carbons (Fsp3) is 0. The predicted octanol–water partition coefficient (Wildman–Crippen LogP) is 1.55. The van der Waals surface area contributed by atoms with Crippen LogP contribution in [0.1, 0.15) is 10.4 Å². The summed E-state index contributed by atoms with van der Waals surface area (Å²) in [5.41, 5.74) is 0.223. The molecule has 2 aromatic heterocycles. The van der Waals surface area contributed by atoms with Gasteiger partial charge in [0.15, 0.2) is 0 Å². The lowest BCUT2D eigenvalue weighted by atomic mass is 10.2. The first kappa shape index (κ1) is 15.8. The molecule has 0 amide bonds. The minimum Gasteiger partial charge on any atom is -0.755 e. The zero-order valence-corrected chi connectivity index (χ0v) is 12.8. The molecular weight excluding hydrogens is 334 g/mol. The third kappa shape index (κ3) is 2.77. The fourth-order valence-electron chi connectivity index (χ4n) is 2.27. The number of H-pyrrole nitrogens is 1. The van der Waals surface area contributed by atoms with Crippen LogP contribution < -0.4 is 9.86 Å². The van der Waals surface area contributed by atoms with Crippen molar-refractivity contribution in [1.82, 2.24) is 9.97 Å². The summed E-state index contributed by atoms with van der Waals surface area (Å²) < 4.78 is 24.4. The van der Waals surface area contributed by atoms with E-state index in [1.165, 1.54) is 42.7 Å². The van der Waals surface area contributed by atoms with Gasteiger partial charge in [-0.15, -0.1) is 0 Å². The lowest BCUT2D eigenvalue weighted by molar-refractivity contribution is 0.0697. The van der Waals surface area contributed by atoms with Crippen molar-refractivity contribution in [1.29, 1.82) is 0 Å². The van der Waals surface area contributed by atoms with Crippen LogP contribution in [-0.4, -0.2) is 29.8 Å². The highest BCUT2D eigenvalue weighted by molar-refractivity contribution is 7.81. The van der Waals surface area contributed by atoms with E-state index in [0.717, 1.165) is 4.31 Å². The minimum absolute atomic E-state index is 0.0276. The van der Waals surface area contributed by atoms with Gasteiger partial charge in [-0.1, -0.05) is 0 Å². The third-order valence-corrected chi connectivity index (χ3v) is 4.06. The number of carboxylic acids is 1. The Morgan fingerprint density at radius 2 is 1.96 bits per heavy atom. The highest BCUT2D eigenvalue weighted by atomic mass is 32.2. The quantitative estimate of drug-likeness (QED) is 0.692. The molecule has 2 N–H and O–H groups in total. The van der Waals surface area contributed by atoms with E-state index in [9.17, 15) is 18.4 Å². The summed E-state index contributed by atoms with van der Waals surface area (Å²) in [4.78, 5) is 29.3. The molecule has 0 radical (unpaired) electrons. The second kappa shape index (κ2) is 6.22. The van der Waals surface area contributed by atoms with Crippen molar-refractivity contribution in [2.24, 2.45) is 0 Å². The number of aromatic nitrogens is 2. The number of anilines is 2. The van der Waals surface area contributed by atoms with Gasteiger partial charge in [-0.05, 0) is 36.4 Å². The van der Waals surface area contributed by atoms with E-state index in [4.69, 9.17) is 5.11 Å². The largest absolute Gasteiger partial charge is 0.755 e. The number of nitrogens with one attached hydrogen (secondary N) is 1. The van der Waals surface area contributed by atoms with Gasteiger partial charge >= 0.3 is 5.97 Å². The van der Waals surface area contributed by atoms with Crippen molar-refractivity contribution in [3.8, 4) is 0 Å². The van der Waals surface area contributed by atoms with Crippen LogP contribution in [0.25, 0.3) is 10.9 Å². The van der Waals surface area contributed by atoms with Crippen molar-refractivity contribution in [3.05, 3.63) is 64.7 Å². The molecule has 0 spiro atoms. The standard InChI is InChI=1S/C15H11N3O5S/c19-14-11-2-1-7-16-13(11)12(8-17-14)18(24(22)23)10-5-3-9(4-6-10)15(20)21/h1-8H,(H,17,19)(H,20,21)(H,22,23)/p-1. The molecule has 1 atom stereocenters. The number of pyridine rings is 2. The third-order valence-electron chi connectivity index (χ3n) is 3.35. The maximum atomic E-state index is 11.8. The van der Waals surface area contributed by atoms with Gasteiger partial charge in [-0.25, -0.2) is 4.79 Å². The average molecular weight is 344 g/mol. The van der Waals surface area contributed by atoms with E-state index in [2.05, 4.69) is 9.97 Å². The number of hydrogen-bond acceptors (Lipinski definition) is 5. The summed E-state index contributed by atoms with van der Waals surface area (Å²) in [6.07, 6.45) is 2.70. The highest BCUT2D eigenvalue weighted by Gasteiger charge is 2.16. The molecule has 3 aromatic rings. The monoisotopic (exact) mass is 344 g/mol. The molecule has 9 heteroatoms. The summed E-state index contributed by atoms with van der Waals surface area (Å²) in [6, 6.07) is 8.40. The molecule has 122 valence electrons. The average Bonchev–Trinajstić information content (AvgIpc) is 2.57. The molecule has 0 saturated heterocycles. The molecular formula is C15H10N3O5S-. The van der Waals surface area contributed by atoms with E-state index >= 15 is 0 Å². The number of aromatic amines is 1. The Balaban J connectivity index is 2.20. The molecule has 1 aromatic carbocycles. The summed E-state index contributed by atoms with van der Waals surface area (Å²) in [6.45, 7) is 0. The molecule has 24 heavy (non-hydrogen) atoms. The Labute approximate surface area is 137 Å². The summed E-state index contributed by atoms with van der Waals surface area (Å²) >= 11 is -2.71. The number of carboxylic acid groups (broad SMARTS) is 1. The van der Waals surface area contributed by atoms with Gasteiger partial charge in [-0.3, -0.25) is 18.3 Å². The van der Waals surface area contributed by atoms with Crippen LogP contribution in [0.3, 0.4) is 0 Å². The molecule has 0 aliphatic rings. The van der Waals surface area contributed by atoms with Crippen LogP contribution in [0.5, 0.6) is 0 Å². The van der Waals surface area contributed by atoms with Gasteiger partial charge in [0.2, 0.25) is 0 Å². The number of rotatable bonds is 4. The highest BCUT2D eigenvalue weighted by Crippen LogP contribution is 2.30. The second-order valence-electron chi connectivity index (χ2n) is 4.77. The van der Waals surface area contributed by atoms with E-state index < -0.39 is 17.2 Å². The van der Waals surface area contributed by atoms with Crippen molar-refractivity contribution in [3.63, 3.8) is 0 Å². The van der Waals surface area contributed by atoms with Gasteiger partial charge in [0.05, 0.1) is 33.6 Å². The summed E-state index contributed by atoms with van der Waals surface area (Å²) in [7, 11) is 0. The number of carbonyl (C=O) groups is 1. The normalized spacial score (nSPS) is 12.0. The van der Waals surface area contributed by atoms with Crippen LogP contribution in [-0.2, 0) is 11.3 Å². The van der Waals surface area contributed by atoms with Crippen LogP contribution in [0, 0.1) is 0 Å². The predicted molar refractivity (Wildman–Crippen MR) is 86.8 cm³/mol. The summed E-state index contributed by atoms with van der Waals surface area (Å²) in [5, 5.41) is 9.17. The lowest BCUT2D eigenvalue weighted by Gasteiger charge is -2.26. The van der Waals surface area contributed by atoms with E-state index in [-0.39, 0.29) is 33.4 Å². The first-order valence-electron chi connectivity index (χ1n) is 6.68. The smallest absolute Gasteiger partial charge is 0.335 e. The first-order valence-corrected chi connectivity index (χ1v) is 7.71. The minimum atomic E-state index is -2.71. The number of fused-ring (bicyclic) bond motifs is 1. The van der Waals surface area contributed by atoms with Gasteiger partial charge < -0.3 is 14.6 Å². The van der Waals surface area contributed by atoms with Gasteiger partial charge in [0, 0.05) is 12.4 Å². The van der Waals surface area contributed by atoms with Gasteiger partial charge in [0.1, 0.15) is 5.52 Å². The van der Waals surface area contributed by atoms with Crippen molar-refractivity contribution < 1.29 is 18.7 Å². The number of nitrogens with zero attached hydrogens (tertiary/aromatic N) is 2. The van der Waals surface area contributed by atoms with Crippen molar-refractivity contribution in [2.75, 3.05) is 4.31 Å². The van der Waals surface area contributed by atoms with Crippen LogP contribution >= 0.6 is 0 Å². The molecule has 8 nitrogen and oxygen atoms in total. The molecule has 0 bridgehead atoms. The second-order valence-corrected chi connectivity index (χ2v) is 5.57. The molecule has 0 aliphatic carbocycles. The van der Waals surface area contributed by atoms with Crippen LogP contribution in [0.4, 0.5) is 11.4 Å². The number of aromatic carboxylic acids is 1. The number of benzene rings is 1. The molecule has 1 unspecified atom stereocenters. The van der Waals surface area contributed by atoms with E-state index in [0.29, 0.717) is 0 Å². The zero-order valence-electron chi connectivity index (χ0n) is 12.0. The van der Waals surface area contributed by atoms with Gasteiger partial charge in [0.25, 0.3) is 5.56 Å². The Hall–Kier alpha value is -3.04. The Morgan fingerprint density at radius 3 is 2.58 bits per heavy atom. The number of hydrogen-bond donors (Lipinski definition) is 2. The SMILES string of the molecule is O=C(O)c1ccc(N(c2c[nH]c(=O)c3cccnc23)S(=O)[O-])cc1. The zero-order chi connectivity index (χ0) is 17.3. The maximum Gasteiger partial charge on any atom is 0.335 e. The van der Waals surface area contributed by atoms with Crippen LogP contribution in [0.15, 0.2) is 53.6 Å². The molecule has 2 heterocycles. The van der Waals surface area contributed by atoms with Crippen molar-refractivity contribution >= 4 is 39.5 Å². The van der Waals surface area contributed by atoms with E-state index in [1.807, 2.05) is 0 Å². The van der Waals surface area contributed by atoms with Crippen molar-refractivity contribution in [2.45, 2.75) is 0 Å². The molecule has 0 saturated carbocycles. The lowest BCUT2D eigenvalue weighted by Crippen LogP contribution is -2.22. The topological polar surface area (TPSA) is 126 Å². The first-order chi connectivity index (χ1) is 11.5. The summed E-state index contributed by atoms with van der Waals surface area (Å²) in [5.74, 6) is -1.12. The Kier molecular flexibility index (Phi) is 4.11. The Bertz CT molecular complexity index is 1000. The maximum absolute atomic E-state index is 11.8. The van der Waals surface area contributed by atoms with Gasteiger partial charge in [-0.2, -0.15) is 0 Å².